The zero-order valence-electron chi connectivity index (χ0n) is 17.0. The van der Waals surface area contributed by atoms with Gasteiger partial charge in [-0.25, -0.2) is 14.6 Å². The molecular formula is C17H26BN3O6. The Morgan fingerprint density at radius 2 is 1.63 bits per heavy atom. The van der Waals surface area contributed by atoms with Crippen molar-refractivity contribution in [3.63, 3.8) is 0 Å². The largest absolute Gasteiger partial charge is 0.516 e. The molecule has 1 aromatic heterocycles. The second-order valence-electron chi connectivity index (χ2n) is 8.18. The van der Waals surface area contributed by atoms with Crippen LogP contribution in [0.4, 0.5) is 15.4 Å². The van der Waals surface area contributed by atoms with Gasteiger partial charge in [-0.05, 0) is 48.5 Å². The molecule has 2 rings (SSSR count). The van der Waals surface area contributed by atoms with Crippen molar-refractivity contribution < 1.29 is 28.4 Å². The zero-order chi connectivity index (χ0) is 20.6. The first-order valence-electron chi connectivity index (χ1n) is 8.56. The van der Waals surface area contributed by atoms with Gasteiger partial charge in [-0.1, -0.05) is 0 Å². The number of carbonyl (C=O) groups excluding carboxylic acids is 2. The van der Waals surface area contributed by atoms with E-state index in [0.29, 0.717) is 10.5 Å². The standard InChI is InChI=1S/C17H26BN3O6/c1-15(2,3)25-14(23)21(13(22)24-8)12-10-19-9-11(20-12)18-26-16(4,5)17(6,7)27-18/h9-10H,1-8H3. The van der Waals surface area contributed by atoms with Gasteiger partial charge in [0.25, 0.3) is 0 Å². The van der Waals surface area contributed by atoms with Crippen molar-refractivity contribution >= 4 is 30.7 Å². The number of nitrogens with zero attached hydrogens (tertiary/aromatic N) is 3. The summed E-state index contributed by atoms with van der Waals surface area (Å²) >= 11 is 0. The van der Waals surface area contributed by atoms with Crippen molar-refractivity contribution in [2.75, 3.05) is 12.0 Å². The first kappa shape index (κ1) is 21.1. The van der Waals surface area contributed by atoms with E-state index in [9.17, 15) is 9.59 Å². The number of aromatic nitrogens is 2. The summed E-state index contributed by atoms with van der Waals surface area (Å²) in [7, 11) is 0.367. The van der Waals surface area contributed by atoms with Gasteiger partial charge in [-0.15, -0.1) is 0 Å². The smallest absolute Gasteiger partial charge is 0.452 e. The average Bonchev–Trinajstić information content (AvgIpc) is 2.74. The molecule has 0 N–H and O–H groups in total. The number of ether oxygens (including phenoxy) is 2. The van der Waals surface area contributed by atoms with Gasteiger partial charge < -0.3 is 18.8 Å². The van der Waals surface area contributed by atoms with Crippen molar-refractivity contribution in [2.24, 2.45) is 0 Å². The summed E-state index contributed by atoms with van der Waals surface area (Å²) < 4.78 is 21.8. The van der Waals surface area contributed by atoms with E-state index in [0.717, 1.165) is 7.11 Å². The van der Waals surface area contributed by atoms with Crippen LogP contribution < -0.4 is 10.5 Å². The van der Waals surface area contributed by atoms with Crippen molar-refractivity contribution in [1.82, 2.24) is 9.97 Å². The summed E-state index contributed by atoms with van der Waals surface area (Å²) in [6, 6.07) is 0. The predicted molar refractivity (Wildman–Crippen MR) is 98.9 cm³/mol. The molecule has 9 nitrogen and oxygen atoms in total. The Balaban J connectivity index is 2.36. The molecule has 0 radical (unpaired) electrons. The van der Waals surface area contributed by atoms with E-state index in [-0.39, 0.29) is 5.82 Å². The molecule has 1 aliphatic rings. The first-order chi connectivity index (χ1) is 12.3. The van der Waals surface area contributed by atoms with Crippen LogP contribution in [0.2, 0.25) is 0 Å². The van der Waals surface area contributed by atoms with E-state index in [2.05, 4.69) is 14.7 Å². The second kappa shape index (κ2) is 7.08. The fourth-order valence-electron chi connectivity index (χ4n) is 2.22. The third-order valence-electron chi connectivity index (χ3n) is 4.30. The molecule has 0 atom stereocenters. The van der Waals surface area contributed by atoms with Crippen LogP contribution in [0.15, 0.2) is 12.4 Å². The van der Waals surface area contributed by atoms with Crippen molar-refractivity contribution in [3.05, 3.63) is 12.4 Å². The Bertz CT molecular complexity index is 716. The maximum atomic E-state index is 12.5. The summed E-state index contributed by atoms with van der Waals surface area (Å²) in [5, 5.41) is 0. The van der Waals surface area contributed by atoms with Crippen LogP contribution in [0.5, 0.6) is 0 Å². The van der Waals surface area contributed by atoms with Crippen LogP contribution in [0.1, 0.15) is 48.5 Å². The van der Waals surface area contributed by atoms with Crippen LogP contribution >= 0.6 is 0 Å². The van der Waals surface area contributed by atoms with Crippen LogP contribution in [0.25, 0.3) is 0 Å². The average molecular weight is 379 g/mol. The highest BCUT2D eigenvalue weighted by atomic mass is 16.7. The fraction of sp³-hybridized carbons (Fsp3) is 0.647. The maximum Gasteiger partial charge on any atom is 0.516 e. The molecule has 2 amide bonds. The molecule has 0 aromatic carbocycles. The highest BCUT2D eigenvalue weighted by Gasteiger charge is 2.52. The molecule has 1 aliphatic heterocycles. The summed E-state index contributed by atoms with van der Waals surface area (Å²) in [5.41, 5.74) is -1.62. The number of anilines is 1. The second-order valence-corrected chi connectivity index (χ2v) is 8.18. The lowest BCUT2D eigenvalue weighted by atomic mass is 9.85. The van der Waals surface area contributed by atoms with Gasteiger partial charge in [0.05, 0.1) is 30.1 Å². The number of hydrogen-bond acceptors (Lipinski definition) is 8. The van der Waals surface area contributed by atoms with Gasteiger partial charge in [0.1, 0.15) is 5.60 Å². The zero-order valence-corrected chi connectivity index (χ0v) is 17.0. The van der Waals surface area contributed by atoms with E-state index >= 15 is 0 Å². The Morgan fingerprint density at radius 1 is 1.07 bits per heavy atom. The highest BCUT2D eigenvalue weighted by Crippen LogP contribution is 2.36. The molecule has 10 heteroatoms. The number of imide groups is 1. The SMILES string of the molecule is COC(=O)N(C(=O)OC(C)(C)C)c1cncc(B2OC(C)(C)C(C)(C)O2)n1. The van der Waals surface area contributed by atoms with Crippen LogP contribution in [0, 0.1) is 0 Å². The van der Waals surface area contributed by atoms with E-state index in [1.165, 1.54) is 12.4 Å². The minimum absolute atomic E-state index is 0.0525. The van der Waals surface area contributed by atoms with Crippen LogP contribution in [-0.2, 0) is 18.8 Å². The minimum Gasteiger partial charge on any atom is -0.452 e. The van der Waals surface area contributed by atoms with Gasteiger partial charge in [-0.2, -0.15) is 4.90 Å². The quantitative estimate of drug-likeness (QED) is 0.722. The van der Waals surface area contributed by atoms with Gasteiger partial charge in [0, 0.05) is 6.20 Å². The lowest BCUT2D eigenvalue weighted by Crippen LogP contribution is -2.44. The third-order valence-corrected chi connectivity index (χ3v) is 4.30. The Hall–Kier alpha value is -2.20. The highest BCUT2D eigenvalue weighted by molar-refractivity contribution is 6.61. The number of methoxy groups -OCH3 is 1. The number of amides is 2. The number of hydrogen-bond donors (Lipinski definition) is 0. The molecular weight excluding hydrogens is 353 g/mol. The molecule has 1 fully saturated rings. The molecule has 0 aliphatic carbocycles. The molecule has 0 bridgehead atoms. The maximum absolute atomic E-state index is 12.5. The van der Waals surface area contributed by atoms with Crippen molar-refractivity contribution in [1.29, 1.82) is 0 Å². The summed E-state index contributed by atoms with van der Waals surface area (Å²) in [5.74, 6) is -0.0525. The molecule has 0 unspecified atom stereocenters. The number of rotatable bonds is 2. The Morgan fingerprint density at radius 3 is 2.11 bits per heavy atom. The van der Waals surface area contributed by atoms with Crippen molar-refractivity contribution in [2.45, 2.75) is 65.3 Å². The van der Waals surface area contributed by atoms with E-state index in [1.54, 1.807) is 20.8 Å². The lowest BCUT2D eigenvalue weighted by Gasteiger charge is -2.32. The van der Waals surface area contributed by atoms with Gasteiger partial charge in [0.2, 0.25) is 0 Å². The Labute approximate surface area is 159 Å². The van der Waals surface area contributed by atoms with Gasteiger partial charge in [0.15, 0.2) is 5.82 Å². The number of carbonyl (C=O) groups is 2. The molecule has 2 heterocycles. The van der Waals surface area contributed by atoms with E-state index < -0.39 is 36.1 Å². The molecule has 1 saturated heterocycles. The topological polar surface area (TPSA) is 100 Å². The first-order valence-corrected chi connectivity index (χ1v) is 8.56. The van der Waals surface area contributed by atoms with Crippen molar-refractivity contribution in [3.8, 4) is 0 Å². The summed E-state index contributed by atoms with van der Waals surface area (Å²) in [6.07, 6.45) is 0.852. The van der Waals surface area contributed by atoms with Crippen LogP contribution in [0.3, 0.4) is 0 Å². The summed E-state index contributed by atoms with van der Waals surface area (Å²) in [4.78, 5) is 33.7. The molecule has 1 aromatic rings. The molecule has 0 spiro atoms. The molecule has 148 valence electrons. The van der Waals surface area contributed by atoms with Gasteiger partial charge >= 0.3 is 19.3 Å². The van der Waals surface area contributed by atoms with Crippen LogP contribution in [-0.4, -0.2) is 53.2 Å². The molecule has 27 heavy (non-hydrogen) atoms. The fourth-order valence-corrected chi connectivity index (χ4v) is 2.22. The summed E-state index contributed by atoms with van der Waals surface area (Å²) in [6.45, 7) is 12.7. The monoisotopic (exact) mass is 379 g/mol. The predicted octanol–water partition coefficient (Wildman–Crippen LogP) is 2.28. The van der Waals surface area contributed by atoms with Gasteiger partial charge in [-0.3, -0.25) is 4.98 Å². The van der Waals surface area contributed by atoms with E-state index in [4.69, 9.17) is 14.0 Å². The van der Waals surface area contributed by atoms with E-state index in [1.807, 2.05) is 27.7 Å². The minimum atomic E-state index is -0.940. The lowest BCUT2D eigenvalue weighted by molar-refractivity contribution is 0.00578. The molecule has 0 saturated carbocycles. The Kier molecular flexibility index (Phi) is 5.54. The normalized spacial score (nSPS) is 18.1. The third kappa shape index (κ3) is 4.56.